The smallest absolute Gasteiger partial charge is 0.255 e. The Kier molecular flexibility index (Phi) is 5.67. The van der Waals surface area contributed by atoms with Gasteiger partial charge in [-0.2, -0.15) is 0 Å². The van der Waals surface area contributed by atoms with E-state index in [4.69, 9.17) is 34.8 Å². The number of hydrogen-bond donors (Lipinski definition) is 0. The van der Waals surface area contributed by atoms with Crippen molar-refractivity contribution in [3.8, 4) is 0 Å². The van der Waals surface area contributed by atoms with Crippen molar-refractivity contribution >= 4 is 40.7 Å². The minimum atomic E-state index is -0.00483. The summed E-state index contributed by atoms with van der Waals surface area (Å²) in [6.07, 6.45) is 0. The van der Waals surface area contributed by atoms with Crippen molar-refractivity contribution in [3.05, 3.63) is 68.7 Å². The largest absolute Gasteiger partial charge is 0.336 e. The molecule has 1 aliphatic rings. The van der Waals surface area contributed by atoms with E-state index in [2.05, 4.69) is 4.90 Å². The number of rotatable bonds is 3. The van der Waals surface area contributed by atoms with Crippen LogP contribution in [-0.4, -0.2) is 41.9 Å². The third-order valence-electron chi connectivity index (χ3n) is 4.15. The molecular formula is C18H17Cl3N2O. The van der Waals surface area contributed by atoms with Crippen LogP contribution in [0.5, 0.6) is 0 Å². The van der Waals surface area contributed by atoms with E-state index < -0.39 is 0 Å². The minimum absolute atomic E-state index is 0.00483. The van der Waals surface area contributed by atoms with Crippen molar-refractivity contribution in [3.63, 3.8) is 0 Å². The Morgan fingerprint density at radius 3 is 2.25 bits per heavy atom. The molecule has 0 aromatic heterocycles. The minimum Gasteiger partial charge on any atom is -0.336 e. The van der Waals surface area contributed by atoms with E-state index in [1.807, 2.05) is 35.2 Å². The van der Waals surface area contributed by atoms with Crippen LogP contribution in [0.4, 0.5) is 0 Å². The summed E-state index contributed by atoms with van der Waals surface area (Å²) < 4.78 is 0. The summed E-state index contributed by atoms with van der Waals surface area (Å²) in [6, 6.07) is 12.9. The predicted molar refractivity (Wildman–Crippen MR) is 99.1 cm³/mol. The summed E-state index contributed by atoms with van der Waals surface area (Å²) in [6.45, 7) is 3.80. The molecular weight excluding hydrogens is 367 g/mol. The van der Waals surface area contributed by atoms with Crippen molar-refractivity contribution in [2.75, 3.05) is 26.2 Å². The first-order valence-corrected chi connectivity index (χ1v) is 8.88. The van der Waals surface area contributed by atoms with E-state index in [1.165, 1.54) is 0 Å². The maximum atomic E-state index is 12.6. The van der Waals surface area contributed by atoms with Crippen LogP contribution >= 0.6 is 34.8 Å². The van der Waals surface area contributed by atoms with Gasteiger partial charge in [0.15, 0.2) is 0 Å². The Balaban J connectivity index is 1.58. The van der Waals surface area contributed by atoms with Crippen LogP contribution < -0.4 is 0 Å². The number of hydrogen-bond acceptors (Lipinski definition) is 2. The molecule has 2 aromatic rings. The van der Waals surface area contributed by atoms with Gasteiger partial charge in [-0.3, -0.25) is 9.69 Å². The summed E-state index contributed by atoms with van der Waals surface area (Å²) in [5.74, 6) is -0.00483. The Morgan fingerprint density at radius 1 is 0.875 bits per heavy atom. The van der Waals surface area contributed by atoms with E-state index in [0.29, 0.717) is 33.7 Å². The highest BCUT2D eigenvalue weighted by Gasteiger charge is 2.23. The zero-order chi connectivity index (χ0) is 17.1. The number of carbonyl (C=O) groups is 1. The van der Waals surface area contributed by atoms with E-state index in [0.717, 1.165) is 25.2 Å². The number of piperazine rings is 1. The van der Waals surface area contributed by atoms with Crippen molar-refractivity contribution in [2.45, 2.75) is 6.54 Å². The van der Waals surface area contributed by atoms with Crippen LogP contribution in [0.15, 0.2) is 42.5 Å². The maximum Gasteiger partial charge on any atom is 0.255 e. The Labute approximate surface area is 156 Å². The van der Waals surface area contributed by atoms with Crippen molar-refractivity contribution in [2.24, 2.45) is 0 Å². The maximum absolute atomic E-state index is 12.6. The average molecular weight is 384 g/mol. The molecule has 0 spiro atoms. The lowest BCUT2D eigenvalue weighted by molar-refractivity contribution is 0.0628. The Hall–Kier alpha value is -1.26. The third-order valence-corrected chi connectivity index (χ3v) is 5.22. The highest BCUT2D eigenvalue weighted by molar-refractivity contribution is 6.42. The fourth-order valence-corrected chi connectivity index (χ4v) is 3.35. The first kappa shape index (κ1) is 17.6. The summed E-state index contributed by atoms with van der Waals surface area (Å²) in [4.78, 5) is 16.7. The third kappa shape index (κ3) is 4.04. The molecule has 1 heterocycles. The van der Waals surface area contributed by atoms with E-state index >= 15 is 0 Å². The molecule has 3 nitrogen and oxygen atoms in total. The molecule has 0 saturated carbocycles. The van der Waals surface area contributed by atoms with Gasteiger partial charge in [0.1, 0.15) is 0 Å². The van der Waals surface area contributed by atoms with Gasteiger partial charge in [-0.1, -0.05) is 53.0 Å². The first-order chi connectivity index (χ1) is 11.5. The van der Waals surface area contributed by atoms with Crippen LogP contribution in [-0.2, 0) is 6.54 Å². The monoisotopic (exact) mass is 382 g/mol. The average Bonchev–Trinajstić information content (AvgIpc) is 2.59. The summed E-state index contributed by atoms with van der Waals surface area (Å²) in [5, 5.41) is 1.64. The molecule has 3 rings (SSSR count). The van der Waals surface area contributed by atoms with Crippen LogP contribution in [0.2, 0.25) is 15.1 Å². The Morgan fingerprint density at radius 2 is 1.58 bits per heavy atom. The van der Waals surface area contributed by atoms with Gasteiger partial charge in [-0.15, -0.1) is 0 Å². The van der Waals surface area contributed by atoms with Crippen LogP contribution in [0.25, 0.3) is 0 Å². The topological polar surface area (TPSA) is 23.6 Å². The van der Waals surface area contributed by atoms with E-state index in [-0.39, 0.29) is 5.91 Å². The van der Waals surface area contributed by atoms with Crippen molar-refractivity contribution in [1.82, 2.24) is 9.80 Å². The van der Waals surface area contributed by atoms with Gasteiger partial charge < -0.3 is 4.90 Å². The van der Waals surface area contributed by atoms with Crippen LogP contribution in [0.1, 0.15) is 15.9 Å². The second kappa shape index (κ2) is 7.75. The lowest BCUT2D eigenvalue weighted by Crippen LogP contribution is -2.48. The number of benzene rings is 2. The van der Waals surface area contributed by atoms with Gasteiger partial charge in [0.05, 0.1) is 20.6 Å². The number of nitrogens with zero attached hydrogens (tertiary/aromatic N) is 2. The number of halogens is 3. The molecule has 1 fully saturated rings. The standard InChI is InChI=1S/C18H17Cl3N2O/c19-15-4-2-1-3-14(15)18(24)23-9-7-22(8-10-23)12-13-5-6-16(20)17(21)11-13/h1-6,11H,7-10,12H2. The molecule has 0 aliphatic carbocycles. The second-order valence-electron chi connectivity index (χ2n) is 5.80. The lowest BCUT2D eigenvalue weighted by Gasteiger charge is -2.35. The first-order valence-electron chi connectivity index (χ1n) is 7.74. The fraction of sp³-hybridized carbons (Fsp3) is 0.278. The van der Waals surface area contributed by atoms with Crippen LogP contribution in [0.3, 0.4) is 0 Å². The lowest BCUT2D eigenvalue weighted by atomic mass is 10.1. The van der Waals surface area contributed by atoms with E-state index in [1.54, 1.807) is 12.1 Å². The van der Waals surface area contributed by atoms with Gasteiger partial charge in [0.25, 0.3) is 5.91 Å². The highest BCUT2D eigenvalue weighted by atomic mass is 35.5. The summed E-state index contributed by atoms with van der Waals surface area (Å²) in [5.41, 5.74) is 1.69. The highest BCUT2D eigenvalue weighted by Crippen LogP contribution is 2.24. The zero-order valence-electron chi connectivity index (χ0n) is 13.0. The molecule has 24 heavy (non-hydrogen) atoms. The molecule has 2 aromatic carbocycles. The molecule has 1 amide bonds. The van der Waals surface area contributed by atoms with Crippen molar-refractivity contribution < 1.29 is 4.79 Å². The molecule has 0 unspecified atom stereocenters. The number of amides is 1. The second-order valence-corrected chi connectivity index (χ2v) is 7.02. The summed E-state index contributed by atoms with van der Waals surface area (Å²) >= 11 is 18.1. The van der Waals surface area contributed by atoms with Gasteiger partial charge >= 0.3 is 0 Å². The molecule has 6 heteroatoms. The normalized spacial score (nSPS) is 15.5. The van der Waals surface area contributed by atoms with Gasteiger partial charge in [0.2, 0.25) is 0 Å². The van der Waals surface area contributed by atoms with Gasteiger partial charge in [-0.05, 0) is 29.8 Å². The molecule has 0 N–H and O–H groups in total. The molecule has 0 bridgehead atoms. The number of carbonyl (C=O) groups excluding carboxylic acids is 1. The quantitative estimate of drug-likeness (QED) is 0.773. The molecule has 126 valence electrons. The van der Waals surface area contributed by atoms with Crippen molar-refractivity contribution in [1.29, 1.82) is 0 Å². The Bertz CT molecular complexity index is 743. The molecule has 1 aliphatic heterocycles. The van der Waals surface area contributed by atoms with E-state index in [9.17, 15) is 4.79 Å². The van der Waals surface area contributed by atoms with Gasteiger partial charge in [-0.25, -0.2) is 0 Å². The van der Waals surface area contributed by atoms with Gasteiger partial charge in [0, 0.05) is 32.7 Å². The molecule has 0 atom stereocenters. The zero-order valence-corrected chi connectivity index (χ0v) is 15.3. The molecule has 1 saturated heterocycles. The predicted octanol–water partition coefficient (Wildman–Crippen LogP) is 4.60. The van der Waals surface area contributed by atoms with Crippen LogP contribution in [0, 0.1) is 0 Å². The SMILES string of the molecule is O=C(c1ccccc1Cl)N1CCN(Cc2ccc(Cl)c(Cl)c2)CC1. The molecule has 0 radical (unpaired) electrons. The fourth-order valence-electron chi connectivity index (χ4n) is 2.81. The summed E-state index contributed by atoms with van der Waals surface area (Å²) in [7, 11) is 0.